The van der Waals surface area contributed by atoms with Crippen LogP contribution < -0.4 is 14.8 Å². The van der Waals surface area contributed by atoms with E-state index in [2.05, 4.69) is 15.5 Å². The zero-order valence-electron chi connectivity index (χ0n) is 15.2. The minimum Gasteiger partial charge on any atom is -0.493 e. The third-order valence-electron chi connectivity index (χ3n) is 4.00. The van der Waals surface area contributed by atoms with Crippen molar-refractivity contribution in [3.8, 4) is 22.9 Å². The number of benzene rings is 1. The zero-order valence-corrected chi connectivity index (χ0v) is 16.0. The van der Waals surface area contributed by atoms with Gasteiger partial charge in [0.05, 0.1) is 14.2 Å². The molecule has 3 aromatic rings. The lowest BCUT2D eigenvalue weighted by Gasteiger charge is -2.10. The molecule has 3 rings (SSSR count). The molecule has 0 bridgehead atoms. The Bertz CT molecular complexity index is 877. The molecular formula is C19H21N3O4S. The SMILES string of the molecule is COc1ccc(CCNC(=O)CCc2nc(-c3ccsc3)no2)cc1OC. The second-order valence-corrected chi connectivity index (χ2v) is 6.59. The molecule has 0 spiro atoms. The predicted octanol–water partition coefficient (Wildman–Crippen LogP) is 3.11. The molecule has 2 aromatic heterocycles. The minimum atomic E-state index is -0.0502. The standard InChI is InChI=1S/C19H21N3O4S/c1-24-15-4-3-13(11-16(15)25-2)7-9-20-17(23)5-6-18-21-19(22-26-18)14-8-10-27-12-14/h3-4,8,10-12H,5-7,9H2,1-2H3,(H,20,23). The van der Waals surface area contributed by atoms with Crippen LogP contribution in [0.3, 0.4) is 0 Å². The summed E-state index contributed by atoms with van der Waals surface area (Å²) in [5.74, 6) is 2.34. The van der Waals surface area contributed by atoms with Gasteiger partial charge < -0.3 is 19.3 Å². The van der Waals surface area contributed by atoms with Crippen LogP contribution in [-0.2, 0) is 17.6 Å². The molecule has 27 heavy (non-hydrogen) atoms. The first-order valence-corrected chi connectivity index (χ1v) is 9.46. The third-order valence-corrected chi connectivity index (χ3v) is 4.68. The topological polar surface area (TPSA) is 86.5 Å². The van der Waals surface area contributed by atoms with Gasteiger partial charge in [-0.3, -0.25) is 4.79 Å². The number of aromatic nitrogens is 2. The monoisotopic (exact) mass is 387 g/mol. The number of carbonyl (C=O) groups is 1. The first kappa shape index (κ1) is 18.9. The molecule has 0 unspecified atom stereocenters. The number of amides is 1. The summed E-state index contributed by atoms with van der Waals surface area (Å²) in [6, 6.07) is 7.66. The molecule has 1 N–H and O–H groups in total. The van der Waals surface area contributed by atoms with E-state index in [9.17, 15) is 4.79 Å². The maximum absolute atomic E-state index is 12.0. The Labute approximate surface area is 161 Å². The number of ether oxygens (including phenoxy) is 2. The molecular weight excluding hydrogens is 366 g/mol. The van der Waals surface area contributed by atoms with Crippen LogP contribution in [0.1, 0.15) is 17.9 Å². The summed E-state index contributed by atoms with van der Waals surface area (Å²) in [6.45, 7) is 0.540. The van der Waals surface area contributed by atoms with E-state index in [1.54, 1.807) is 25.6 Å². The van der Waals surface area contributed by atoms with Gasteiger partial charge in [0, 0.05) is 30.3 Å². The molecule has 0 radical (unpaired) electrons. The number of carbonyl (C=O) groups excluding carboxylic acids is 1. The summed E-state index contributed by atoms with van der Waals surface area (Å²) in [5, 5.41) is 10.7. The van der Waals surface area contributed by atoms with Gasteiger partial charge in [0.25, 0.3) is 0 Å². The van der Waals surface area contributed by atoms with Crippen molar-refractivity contribution in [1.82, 2.24) is 15.5 Å². The van der Waals surface area contributed by atoms with Crippen LogP contribution in [0.5, 0.6) is 11.5 Å². The molecule has 1 amide bonds. The van der Waals surface area contributed by atoms with Crippen LogP contribution in [0.4, 0.5) is 0 Å². The second-order valence-electron chi connectivity index (χ2n) is 5.81. The molecule has 7 nitrogen and oxygen atoms in total. The Balaban J connectivity index is 1.42. The third kappa shape index (κ3) is 5.07. The van der Waals surface area contributed by atoms with Gasteiger partial charge in [-0.05, 0) is 35.6 Å². The predicted molar refractivity (Wildman–Crippen MR) is 102 cm³/mol. The van der Waals surface area contributed by atoms with Crippen molar-refractivity contribution in [2.45, 2.75) is 19.3 Å². The Morgan fingerprint density at radius 3 is 2.78 bits per heavy atom. The van der Waals surface area contributed by atoms with Crippen molar-refractivity contribution in [1.29, 1.82) is 0 Å². The highest BCUT2D eigenvalue weighted by Crippen LogP contribution is 2.27. The van der Waals surface area contributed by atoms with Gasteiger partial charge in [-0.1, -0.05) is 11.2 Å². The number of thiophene rings is 1. The van der Waals surface area contributed by atoms with Crippen molar-refractivity contribution in [3.05, 3.63) is 46.5 Å². The Hall–Kier alpha value is -2.87. The fraction of sp³-hybridized carbons (Fsp3) is 0.316. The van der Waals surface area contributed by atoms with Crippen LogP contribution in [0.25, 0.3) is 11.4 Å². The van der Waals surface area contributed by atoms with E-state index in [0.717, 1.165) is 11.1 Å². The molecule has 0 atom stereocenters. The number of rotatable bonds is 9. The Kier molecular flexibility index (Phi) is 6.43. The molecule has 0 saturated carbocycles. The molecule has 0 aliphatic carbocycles. The highest BCUT2D eigenvalue weighted by atomic mass is 32.1. The van der Waals surface area contributed by atoms with Gasteiger partial charge in [-0.2, -0.15) is 16.3 Å². The normalized spacial score (nSPS) is 10.6. The quantitative estimate of drug-likeness (QED) is 0.607. The average molecular weight is 387 g/mol. The van der Waals surface area contributed by atoms with E-state index in [1.807, 2.05) is 35.0 Å². The van der Waals surface area contributed by atoms with Gasteiger partial charge in [0.2, 0.25) is 17.6 Å². The molecule has 0 aliphatic heterocycles. The number of hydrogen-bond donors (Lipinski definition) is 1. The van der Waals surface area contributed by atoms with E-state index in [-0.39, 0.29) is 5.91 Å². The molecule has 0 fully saturated rings. The number of hydrogen-bond acceptors (Lipinski definition) is 7. The molecule has 142 valence electrons. The van der Waals surface area contributed by atoms with Gasteiger partial charge in [0.15, 0.2) is 11.5 Å². The Morgan fingerprint density at radius 2 is 2.04 bits per heavy atom. The molecule has 0 saturated heterocycles. The van der Waals surface area contributed by atoms with Crippen LogP contribution in [0, 0.1) is 0 Å². The summed E-state index contributed by atoms with van der Waals surface area (Å²) < 4.78 is 15.7. The van der Waals surface area contributed by atoms with Gasteiger partial charge >= 0.3 is 0 Å². The highest BCUT2D eigenvalue weighted by Gasteiger charge is 2.11. The maximum atomic E-state index is 12.0. The van der Waals surface area contributed by atoms with Crippen LogP contribution in [-0.4, -0.2) is 36.8 Å². The molecule has 2 heterocycles. The van der Waals surface area contributed by atoms with Gasteiger partial charge in [-0.25, -0.2) is 0 Å². The van der Waals surface area contributed by atoms with Crippen molar-refractivity contribution in [2.24, 2.45) is 0 Å². The lowest BCUT2D eigenvalue weighted by Crippen LogP contribution is -2.25. The van der Waals surface area contributed by atoms with E-state index in [1.165, 1.54) is 0 Å². The summed E-state index contributed by atoms with van der Waals surface area (Å²) in [7, 11) is 3.20. The summed E-state index contributed by atoms with van der Waals surface area (Å²) in [6.07, 6.45) is 1.42. The first-order valence-electron chi connectivity index (χ1n) is 8.52. The van der Waals surface area contributed by atoms with E-state index in [0.29, 0.717) is 49.0 Å². The highest BCUT2D eigenvalue weighted by molar-refractivity contribution is 7.08. The summed E-state index contributed by atoms with van der Waals surface area (Å²) in [4.78, 5) is 16.3. The molecule has 0 aliphatic rings. The van der Waals surface area contributed by atoms with Crippen molar-refractivity contribution < 1.29 is 18.8 Å². The smallest absolute Gasteiger partial charge is 0.227 e. The minimum absolute atomic E-state index is 0.0502. The number of nitrogens with zero attached hydrogens (tertiary/aromatic N) is 2. The fourth-order valence-corrected chi connectivity index (χ4v) is 3.19. The lowest BCUT2D eigenvalue weighted by molar-refractivity contribution is -0.121. The van der Waals surface area contributed by atoms with E-state index < -0.39 is 0 Å². The Morgan fingerprint density at radius 1 is 1.19 bits per heavy atom. The van der Waals surface area contributed by atoms with Gasteiger partial charge in [-0.15, -0.1) is 0 Å². The summed E-state index contributed by atoms with van der Waals surface area (Å²) in [5.41, 5.74) is 1.99. The van der Waals surface area contributed by atoms with Crippen LogP contribution in [0.15, 0.2) is 39.5 Å². The lowest BCUT2D eigenvalue weighted by atomic mass is 10.1. The zero-order chi connectivity index (χ0) is 19.1. The van der Waals surface area contributed by atoms with Gasteiger partial charge in [0.1, 0.15) is 0 Å². The van der Waals surface area contributed by atoms with Crippen LogP contribution >= 0.6 is 11.3 Å². The first-order chi connectivity index (χ1) is 13.2. The van der Waals surface area contributed by atoms with E-state index >= 15 is 0 Å². The van der Waals surface area contributed by atoms with E-state index in [4.69, 9.17) is 14.0 Å². The average Bonchev–Trinajstić information content (AvgIpc) is 3.37. The fourth-order valence-electron chi connectivity index (χ4n) is 2.56. The second kappa shape index (κ2) is 9.18. The largest absolute Gasteiger partial charge is 0.493 e. The molecule has 1 aromatic carbocycles. The van der Waals surface area contributed by atoms with Crippen molar-refractivity contribution in [3.63, 3.8) is 0 Å². The molecule has 8 heteroatoms. The number of methoxy groups -OCH3 is 2. The van der Waals surface area contributed by atoms with Crippen LogP contribution in [0.2, 0.25) is 0 Å². The number of nitrogens with one attached hydrogen (secondary N) is 1. The van der Waals surface area contributed by atoms with Crippen molar-refractivity contribution in [2.75, 3.05) is 20.8 Å². The van der Waals surface area contributed by atoms with Crippen molar-refractivity contribution >= 4 is 17.2 Å². The maximum Gasteiger partial charge on any atom is 0.227 e. The number of aryl methyl sites for hydroxylation is 1. The summed E-state index contributed by atoms with van der Waals surface area (Å²) >= 11 is 1.57.